The van der Waals surface area contributed by atoms with E-state index in [2.05, 4.69) is 5.32 Å². The first-order valence-electron chi connectivity index (χ1n) is 5.97. The maximum Gasteiger partial charge on any atom is 0.326 e. The SMILES string of the molecule is CC(C)(C)[C@@H](NC(=O)Nc1cc(F)c(F)c(F)c1)C(=O)O. The molecule has 1 atom stereocenters. The minimum atomic E-state index is -1.65. The van der Waals surface area contributed by atoms with Gasteiger partial charge in [-0.25, -0.2) is 22.8 Å². The van der Waals surface area contributed by atoms with Crippen LogP contribution >= 0.6 is 0 Å². The van der Waals surface area contributed by atoms with Crippen LogP contribution in [0.15, 0.2) is 12.1 Å². The molecule has 2 amide bonds. The second-order valence-corrected chi connectivity index (χ2v) is 5.49. The molecule has 1 aromatic rings. The fourth-order valence-corrected chi connectivity index (χ4v) is 1.57. The number of halogens is 3. The monoisotopic (exact) mass is 304 g/mol. The standard InChI is InChI=1S/C13H15F3N2O3/c1-13(2,3)10(11(19)20)18-12(21)17-6-4-7(14)9(16)8(15)5-6/h4-5,10H,1-3H3,(H,19,20)(H2,17,18,21)/t10-/m0/s1. The molecule has 3 N–H and O–H groups in total. The molecule has 0 heterocycles. The summed E-state index contributed by atoms with van der Waals surface area (Å²) in [4.78, 5) is 22.7. The first-order valence-corrected chi connectivity index (χ1v) is 5.97. The molecule has 116 valence electrons. The Kier molecular flexibility index (Phi) is 4.82. The summed E-state index contributed by atoms with van der Waals surface area (Å²) in [6.07, 6.45) is 0. The second kappa shape index (κ2) is 6.02. The molecule has 0 saturated heterocycles. The molecule has 1 aromatic carbocycles. The molecule has 0 aliphatic heterocycles. The molecule has 8 heteroatoms. The zero-order valence-corrected chi connectivity index (χ0v) is 11.6. The number of carboxylic acid groups (broad SMARTS) is 1. The minimum Gasteiger partial charge on any atom is -0.480 e. The molecule has 0 fully saturated rings. The Bertz CT molecular complexity index is 547. The van der Waals surface area contributed by atoms with Crippen LogP contribution in [0.4, 0.5) is 23.7 Å². The molecule has 0 aromatic heterocycles. The van der Waals surface area contributed by atoms with Crippen molar-refractivity contribution in [2.45, 2.75) is 26.8 Å². The van der Waals surface area contributed by atoms with Gasteiger partial charge in [0.05, 0.1) is 0 Å². The smallest absolute Gasteiger partial charge is 0.326 e. The summed E-state index contributed by atoms with van der Waals surface area (Å²) in [6.45, 7) is 4.80. The maximum absolute atomic E-state index is 13.0. The lowest BCUT2D eigenvalue weighted by atomic mass is 9.87. The van der Waals surface area contributed by atoms with Gasteiger partial charge in [0, 0.05) is 17.8 Å². The highest BCUT2D eigenvalue weighted by Gasteiger charge is 2.32. The lowest BCUT2D eigenvalue weighted by Gasteiger charge is -2.27. The number of amides is 2. The van der Waals surface area contributed by atoms with Crippen molar-refractivity contribution >= 4 is 17.7 Å². The Morgan fingerprint density at radius 1 is 1.14 bits per heavy atom. The summed E-state index contributed by atoms with van der Waals surface area (Å²) in [6, 6.07) is -1.01. The van der Waals surface area contributed by atoms with Gasteiger partial charge in [-0.1, -0.05) is 20.8 Å². The molecule has 0 unspecified atom stereocenters. The predicted octanol–water partition coefficient (Wildman–Crippen LogP) is 2.72. The van der Waals surface area contributed by atoms with Gasteiger partial charge < -0.3 is 15.7 Å². The van der Waals surface area contributed by atoms with Gasteiger partial charge in [-0.3, -0.25) is 0 Å². The molecule has 21 heavy (non-hydrogen) atoms. The van der Waals surface area contributed by atoms with Gasteiger partial charge in [0.2, 0.25) is 0 Å². The number of hydrogen-bond acceptors (Lipinski definition) is 2. The third-order valence-electron chi connectivity index (χ3n) is 2.63. The van der Waals surface area contributed by atoms with E-state index in [0.717, 1.165) is 0 Å². The molecular formula is C13H15F3N2O3. The normalized spacial score (nSPS) is 12.7. The average Bonchev–Trinajstić information content (AvgIpc) is 2.31. The summed E-state index contributed by atoms with van der Waals surface area (Å²) < 4.78 is 38.7. The van der Waals surface area contributed by atoms with Gasteiger partial charge in [-0.2, -0.15) is 0 Å². The molecule has 0 bridgehead atoms. The van der Waals surface area contributed by atoms with E-state index < -0.39 is 40.9 Å². The van der Waals surface area contributed by atoms with E-state index in [4.69, 9.17) is 5.11 Å². The van der Waals surface area contributed by atoms with Crippen LogP contribution in [-0.2, 0) is 4.79 Å². The topological polar surface area (TPSA) is 78.4 Å². The van der Waals surface area contributed by atoms with Crippen molar-refractivity contribution < 1.29 is 27.9 Å². The average molecular weight is 304 g/mol. The van der Waals surface area contributed by atoms with Crippen LogP contribution in [0.3, 0.4) is 0 Å². The number of carboxylic acids is 1. The third kappa shape index (κ3) is 4.37. The van der Waals surface area contributed by atoms with Gasteiger partial charge in [0.25, 0.3) is 0 Å². The summed E-state index contributed by atoms with van der Waals surface area (Å²) in [5, 5.41) is 13.3. The number of nitrogens with one attached hydrogen (secondary N) is 2. The molecular weight excluding hydrogens is 289 g/mol. The van der Waals surface area contributed by atoms with Crippen LogP contribution < -0.4 is 10.6 Å². The van der Waals surface area contributed by atoms with Crippen LogP contribution in [0.5, 0.6) is 0 Å². The first kappa shape index (κ1) is 16.8. The molecule has 0 spiro atoms. The van der Waals surface area contributed by atoms with Crippen molar-refractivity contribution in [3.05, 3.63) is 29.6 Å². The highest BCUT2D eigenvalue weighted by molar-refractivity contribution is 5.92. The van der Waals surface area contributed by atoms with Gasteiger partial charge in [0.1, 0.15) is 6.04 Å². The first-order chi connectivity index (χ1) is 9.52. The van der Waals surface area contributed by atoms with Crippen molar-refractivity contribution in [3.8, 4) is 0 Å². The Balaban J connectivity index is 2.85. The largest absolute Gasteiger partial charge is 0.480 e. The molecule has 0 aliphatic carbocycles. The molecule has 0 saturated carbocycles. The number of benzene rings is 1. The lowest BCUT2D eigenvalue weighted by molar-refractivity contribution is -0.141. The van der Waals surface area contributed by atoms with Gasteiger partial charge in [-0.05, 0) is 5.41 Å². The Morgan fingerprint density at radius 2 is 1.62 bits per heavy atom. The maximum atomic E-state index is 13.0. The number of carbonyl (C=O) groups is 2. The van der Waals surface area contributed by atoms with E-state index in [-0.39, 0.29) is 5.69 Å². The molecule has 5 nitrogen and oxygen atoms in total. The van der Waals surface area contributed by atoms with E-state index in [0.29, 0.717) is 12.1 Å². The van der Waals surface area contributed by atoms with Crippen LogP contribution in [0, 0.1) is 22.9 Å². The number of aliphatic carboxylic acids is 1. The van der Waals surface area contributed by atoms with Crippen LogP contribution in [0.1, 0.15) is 20.8 Å². The summed E-state index contributed by atoms with van der Waals surface area (Å²) in [5.41, 5.74) is -1.11. The third-order valence-corrected chi connectivity index (χ3v) is 2.63. The van der Waals surface area contributed by atoms with Crippen LogP contribution in [0.25, 0.3) is 0 Å². The van der Waals surface area contributed by atoms with E-state index in [1.165, 1.54) is 0 Å². The van der Waals surface area contributed by atoms with E-state index in [1.807, 2.05) is 5.32 Å². The quantitative estimate of drug-likeness (QED) is 0.751. The number of carbonyl (C=O) groups excluding carboxylic acids is 1. The van der Waals surface area contributed by atoms with Gasteiger partial charge >= 0.3 is 12.0 Å². The highest BCUT2D eigenvalue weighted by atomic mass is 19.2. The Hall–Kier alpha value is -2.25. The lowest BCUT2D eigenvalue weighted by Crippen LogP contribution is -2.50. The number of hydrogen-bond donors (Lipinski definition) is 3. The van der Waals surface area contributed by atoms with Gasteiger partial charge in [0.15, 0.2) is 17.5 Å². The van der Waals surface area contributed by atoms with Crippen LogP contribution in [-0.4, -0.2) is 23.1 Å². The molecule has 0 aliphatic rings. The second-order valence-electron chi connectivity index (χ2n) is 5.49. The number of urea groups is 1. The summed E-state index contributed by atoms with van der Waals surface area (Å²) >= 11 is 0. The fraction of sp³-hybridized carbons (Fsp3) is 0.385. The van der Waals surface area contributed by atoms with E-state index in [9.17, 15) is 22.8 Å². The zero-order chi connectivity index (χ0) is 16.4. The molecule has 1 rings (SSSR count). The Labute approximate surface area is 119 Å². The molecule has 0 radical (unpaired) electrons. The van der Waals surface area contributed by atoms with E-state index in [1.54, 1.807) is 20.8 Å². The minimum absolute atomic E-state index is 0.332. The van der Waals surface area contributed by atoms with Crippen molar-refractivity contribution in [2.24, 2.45) is 5.41 Å². The van der Waals surface area contributed by atoms with Crippen molar-refractivity contribution in [2.75, 3.05) is 5.32 Å². The summed E-state index contributed by atoms with van der Waals surface area (Å²) in [7, 11) is 0. The zero-order valence-electron chi connectivity index (χ0n) is 11.6. The van der Waals surface area contributed by atoms with Gasteiger partial charge in [-0.15, -0.1) is 0 Å². The number of rotatable bonds is 3. The van der Waals surface area contributed by atoms with E-state index >= 15 is 0 Å². The number of anilines is 1. The van der Waals surface area contributed by atoms with Crippen molar-refractivity contribution in [1.82, 2.24) is 5.32 Å². The van der Waals surface area contributed by atoms with Crippen LogP contribution in [0.2, 0.25) is 0 Å². The summed E-state index contributed by atoms with van der Waals surface area (Å²) in [5.74, 6) is -5.83. The fourth-order valence-electron chi connectivity index (χ4n) is 1.57. The van der Waals surface area contributed by atoms with Crippen molar-refractivity contribution in [3.63, 3.8) is 0 Å². The highest BCUT2D eigenvalue weighted by Crippen LogP contribution is 2.20. The van der Waals surface area contributed by atoms with Crippen molar-refractivity contribution in [1.29, 1.82) is 0 Å². The predicted molar refractivity (Wildman–Crippen MR) is 69.3 cm³/mol. The Morgan fingerprint density at radius 3 is 2.00 bits per heavy atom.